The van der Waals surface area contributed by atoms with Crippen LogP contribution in [0.3, 0.4) is 0 Å². The summed E-state index contributed by atoms with van der Waals surface area (Å²) in [4.78, 5) is 31.1. The van der Waals surface area contributed by atoms with Crippen LogP contribution in [0.15, 0.2) is 29.1 Å². The number of aromatic amines is 1. The number of H-pyrrole nitrogens is 1. The van der Waals surface area contributed by atoms with Crippen LogP contribution in [-0.4, -0.2) is 33.6 Å². The molecule has 1 heterocycles. The molecule has 6 heteroatoms. The van der Waals surface area contributed by atoms with E-state index in [1.54, 1.807) is 6.07 Å². The molecule has 1 saturated carbocycles. The van der Waals surface area contributed by atoms with Crippen molar-refractivity contribution >= 4 is 16.8 Å². The summed E-state index contributed by atoms with van der Waals surface area (Å²) in [5.41, 5.74) is 0.523. The molecular formula is C19H25N3O3. The van der Waals surface area contributed by atoms with Crippen LogP contribution in [0.4, 0.5) is 0 Å². The Hall–Kier alpha value is -2.21. The number of aliphatic hydroxyl groups is 1. The highest BCUT2D eigenvalue weighted by molar-refractivity contribution is 5.77. The van der Waals surface area contributed by atoms with Crippen LogP contribution in [0.25, 0.3) is 10.9 Å². The highest BCUT2D eigenvalue weighted by Crippen LogP contribution is 2.27. The summed E-state index contributed by atoms with van der Waals surface area (Å²) in [5, 5.41) is 13.4. The lowest BCUT2D eigenvalue weighted by Gasteiger charge is -2.18. The highest BCUT2D eigenvalue weighted by Gasteiger charge is 2.23. The summed E-state index contributed by atoms with van der Waals surface area (Å²) in [6.45, 7) is 0.328. The Kier molecular flexibility index (Phi) is 5.81. The number of nitrogens with zero attached hydrogens (tertiary/aromatic N) is 1. The van der Waals surface area contributed by atoms with Crippen LogP contribution < -0.4 is 10.9 Å². The molecule has 3 N–H and O–H groups in total. The molecule has 1 aliphatic carbocycles. The lowest BCUT2D eigenvalue weighted by Crippen LogP contribution is -2.35. The second kappa shape index (κ2) is 8.25. The number of hydrogen-bond donors (Lipinski definition) is 3. The quantitative estimate of drug-likeness (QED) is 0.716. The Morgan fingerprint density at radius 2 is 2.08 bits per heavy atom. The number of aryl methyl sites for hydroxylation is 1. The van der Waals surface area contributed by atoms with Crippen molar-refractivity contribution in [2.24, 2.45) is 5.92 Å². The van der Waals surface area contributed by atoms with Crippen LogP contribution in [0.2, 0.25) is 0 Å². The summed E-state index contributed by atoms with van der Waals surface area (Å²) >= 11 is 0. The maximum absolute atomic E-state index is 12.0. The van der Waals surface area contributed by atoms with E-state index >= 15 is 0 Å². The zero-order chi connectivity index (χ0) is 17.6. The number of rotatable bonds is 7. The predicted octanol–water partition coefficient (Wildman–Crippen LogP) is 1.91. The van der Waals surface area contributed by atoms with Crippen molar-refractivity contribution in [2.75, 3.05) is 6.54 Å². The number of fused-ring (bicyclic) bond motifs is 1. The van der Waals surface area contributed by atoms with Gasteiger partial charge in [0.2, 0.25) is 5.91 Å². The van der Waals surface area contributed by atoms with Crippen molar-refractivity contribution in [2.45, 2.75) is 51.0 Å². The molecule has 25 heavy (non-hydrogen) atoms. The van der Waals surface area contributed by atoms with E-state index in [1.165, 1.54) is 12.8 Å². The van der Waals surface area contributed by atoms with Crippen LogP contribution in [0.5, 0.6) is 0 Å². The average Bonchev–Trinajstić information content (AvgIpc) is 3.14. The van der Waals surface area contributed by atoms with Gasteiger partial charge in [0.15, 0.2) is 0 Å². The normalized spacial score (nSPS) is 16.2. The molecule has 0 bridgehead atoms. The van der Waals surface area contributed by atoms with E-state index in [2.05, 4.69) is 15.3 Å². The first kappa shape index (κ1) is 17.6. The van der Waals surface area contributed by atoms with Crippen molar-refractivity contribution in [3.63, 3.8) is 0 Å². The SMILES string of the molecule is O=C(CCCc1nc2ccccc2c(=O)[nH]1)NC[C@@H](O)C1CCCC1. The maximum Gasteiger partial charge on any atom is 0.258 e. The number of aliphatic hydroxyl groups excluding tert-OH is 1. The van der Waals surface area contributed by atoms with Crippen molar-refractivity contribution in [1.82, 2.24) is 15.3 Å². The van der Waals surface area contributed by atoms with E-state index < -0.39 is 6.10 Å². The first-order valence-electron chi connectivity index (χ1n) is 9.06. The summed E-state index contributed by atoms with van der Waals surface area (Å²) in [7, 11) is 0. The third kappa shape index (κ3) is 4.66. The highest BCUT2D eigenvalue weighted by atomic mass is 16.3. The third-order valence-corrected chi connectivity index (χ3v) is 4.93. The van der Waals surface area contributed by atoms with Gasteiger partial charge in [-0.25, -0.2) is 4.98 Å². The second-order valence-corrected chi connectivity index (χ2v) is 6.80. The molecule has 3 rings (SSSR count). The Bertz CT molecular complexity index is 781. The molecule has 134 valence electrons. The van der Waals surface area contributed by atoms with Gasteiger partial charge in [-0.2, -0.15) is 0 Å². The van der Waals surface area contributed by atoms with Crippen molar-refractivity contribution in [3.8, 4) is 0 Å². The molecule has 1 fully saturated rings. The number of carbonyl (C=O) groups is 1. The molecule has 1 aromatic heterocycles. The molecule has 1 amide bonds. The monoisotopic (exact) mass is 343 g/mol. The standard InChI is InChI=1S/C19H25N3O3/c23-16(13-6-1-2-7-13)12-20-18(24)11-5-10-17-21-15-9-4-3-8-14(15)19(25)22-17/h3-4,8-9,13,16,23H,1-2,5-7,10-12H2,(H,20,24)(H,21,22,25)/t16-/m1/s1. The first-order valence-corrected chi connectivity index (χ1v) is 9.06. The van der Waals surface area contributed by atoms with Crippen LogP contribution >= 0.6 is 0 Å². The van der Waals surface area contributed by atoms with E-state index in [9.17, 15) is 14.7 Å². The van der Waals surface area contributed by atoms with Gasteiger partial charge in [0, 0.05) is 19.4 Å². The number of hydrogen-bond acceptors (Lipinski definition) is 4. The van der Waals surface area contributed by atoms with E-state index in [-0.39, 0.29) is 11.5 Å². The van der Waals surface area contributed by atoms with Gasteiger partial charge in [-0.3, -0.25) is 9.59 Å². The fourth-order valence-corrected chi connectivity index (χ4v) is 3.49. The third-order valence-electron chi connectivity index (χ3n) is 4.93. The molecule has 1 aliphatic rings. The summed E-state index contributed by atoms with van der Waals surface area (Å²) in [6.07, 6.45) is 5.51. The molecule has 1 aromatic carbocycles. The number of carbonyl (C=O) groups excluding carboxylic acids is 1. The van der Waals surface area contributed by atoms with E-state index in [0.29, 0.717) is 48.5 Å². The van der Waals surface area contributed by atoms with Gasteiger partial charge in [-0.1, -0.05) is 25.0 Å². The minimum atomic E-state index is -0.440. The Balaban J connectivity index is 1.44. The van der Waals surface area contributed by atoms with E-state index in [0.717, 1.165) is 12.8 Å². The second-order valence-electron chi connectivity index (χ2n) is 6.80. The molecule has 6 nitrogen and oxygen atoms in total. The van der Waals surface area contributed by atoms with Crippen molar-refractivity contribution in [1.29, 1.82) is 0 Å². The zero-order valence-electron chi connectivity index (χ0n) is 14.3. The van der Waals surface area contributed by atoms with Gasteiger partial charge < -0.3 is 15.4 Å². The van der Waals surface area contributed by atoms with Crippen LogP contribution in [-0.2, 0) is 11.2 Å². The van der Waals surface area contributed by atoms with Gasteiger partial charge in [0.1, 0.15) is 5.82 Å². The summed E-state index contributed by atoms with van der Waals surface area (Å²) in [6, 6.07) is 7.21. The molecular weight excluding hydrogens is 318 g/mol. The largest absolute Gasteiger partial charge is 0.391 e. The molecule has 0 radical (unpaired) electrons. The van der Waals surface area contributed by atoms with E-state index in [4.69, 9.17) is 0 Å². The minimum Gasteiger partial charge on any atom is -0.391 e. The van der Waals surface area contributed by atoms with Gasteiger partial charge in [0.05, 0.1) is 17.0 Å². The molecule has 0 spiro atoms. The fraction of sp³-hybridized carbons (Fsp3) is 0.526. The van der Waals surface area contributed by atoms with Crippen molar-refractivity contribution < 1.29 is 9.90 Å². The Labute approximate surface area is 146 Å². The minimum absolute atomic E-state index is 0.0693. The first-order chi connectivity index (χ1) is 12.1. The van der Waals surface area contributed by atoms with Crippen LogP contribution in [0, 0.1) is 5.92 Å². The average molecular weight is 343 g/mol. The number of aromatic nitrogens is 2. The summed E-state index contributed by atoms with van der Waals surface area (Å²) < 4.78 is 0. The molecule has 1 atom stereocenters. The zero-order valence-corrected chi connectivity index (χ0v) is 14.3. The number of benzene rings is 1. The Morgan fingerprint density at radius 1 is 1.32 bits per heavy atom. The smallest absolute Gasteiger partial charge is 0.258 e. The predicted molar refractivity (Wildman–Crippen MR) is 96.3 cm³/mol. The topological polar surface area (TPSA) is 95.1 Å². The Morgan fingerprint density at radius 3 is 2.88 bits per heavy atom. The number of nitrogens with one attached hydrogen (secondary N) is 2. The number of amides is 1. The molecule has 0 saturated heterocycles. The molecule has 2 aromatic rings. The molecule has 0 aliphatic heterocycles. The maximum atomic E-state index is 12.0. The van der Waals surface area contributed by atoms with Gasteiger partial charge >= 0.3 is 0 Å². The fourth-order valence-electron chi connectivity index (χ4n) is 3.49. The lowest BCUT2D eigenvalue weighted by atomic mass is 10.0. The van der Waals surface area contributed by atoms with Gasteiger partial charge in [-0.15, -0.1) is 0 Å². The number of para-hydroxylation sites is 1. The van der Waals surface area contributed by atoms with Crippen LogP contribution in [0.1, 0.15) is 44.3 Å². The van der Waals surface area contributed by atoms with Gasteiger partial charge in [0.25, 0.3) is 5.56 Å². The van der Waals surface area contributed by atoms with Crippen molar-refractivity contribution in [3.05, 3.63) is 40.4 Å². The summed E-state index contributed by atoms with van der Waals surface area (Å²) in [5.74, 6) is 0.856. The molecule has 0 unspecified atom stereocenters. The van der Waals surface area contributed by atoms with E-state index in [1.807, 2.05) is 18.2 Å². The lowest BCUT2D eigenvalue weighted by molar-refractivity contribution is -0.121. The van der Waals surface area contributed by atoms with Gasteiger partial charge in [-0.05, 0) is 37.3 Å².